The molecule has 3 rings (SSSR count). The van der Waals surface area contributed by atoms with Gasteiger partial charge < -0.3 is 9.40 Å². The third kappa shape index (κ3) is 1.72. The average molecular weight is 247 g/mol. The second-order valence-electron chi connectivity index (χ2n) is 4.14. The molecule has 3 nitrogen and oxygen atoms in total. The zero-order valence-corrected chi connectivity index (χ0v) is 10.3. The Balaban J connectivity index is 2.19. The molecule has 0 amide bonds. The van der Waals surface area contributed by atoms with Crippen LogP contribution in [0.25, 0.3) is 22.6 Å². The van der Waals surface area contributed by atoms with Crippen LogP contribution in [-0.2, 0) is 0 Å². The molecule has 1 aromatic carbocycles. The largest absolute Gasteiger partial charge is 0.441 e. The summed E-state index contributed by atoms with van der Waals surface area (Å²) in [5.74, 6) is 1.36. The van der Waals surface area contributed by atoms with E-state index >= 15 is 0 Å². The Morgan fingerprint density at radius 3 is 2.65 bits per heavy atom. The Hall–Kier alpha value is -1.74. The van der Waals surface area contributed by atoms with Crippen LogP contribution in [0, 0.1) is 13.8 Å². The monoisotopic (exact) mass is 246 g/mol. The number of furan rings is 1. The van der Waals surface area contributed by atoms with Crippen molar-refractivity contribution < 1.29 is 4.42 Å². The van der Waals surface area contributed by atoms with Gasteiger partial charge in [0.15, 0.2) is 16.8 Å². The van der Waals surface area contributed by atoms with E-state index in [4.69, 9.17) is 16.0 Å². The molecule has 17 heavy (non-hydrogen) atoms. The van der Waals surface area contributed by atoms with Crippen LogP contribution in [-0.4, -0.2) is 9.97 Å². The lowest BCUT2D eigenvalue weighted by atomic mass is 10.1. The number of hydrogen-bond donors (Lipinski definition) is 1. The summed E-state index contributed by atoms with van der Waals surface area (Å²) in [5.41, 5.74) is 4.42. The first-order chi connectivity index (χ1) is 8.13. The number of fused-ring (bicyclic) bond motifs is 1. The van der Waals surface area contributed by atoms with Crippen molar-refractivity contribution >= 4 is 22.6 Å². The van der Waals surface area contributed by atoms with E-state index in [9.17, 15) is 0 Å². The molecule has 86 valence electrons. The number of H-pyrrole nitrogens is 1. The second-order valence-corrected chi connectivity index (χ2v) is 4.52. The van der Waals surface area contributed by atoms with Gasteiger partial charge in [0.05, 0.1) is 11.0 Å². The van der Waals surface area contributed by atoms with E-state index in [-0.39, 0.29) is 0 Å². The number of nitrogens with one attached hydrogen (secondary N) is 1. The van der Waals surface area contributed by atoms with E-state index in [2.05, 4.69) is 35.9 Å². The van der Waals surface area contributed by atoms with Gasteiger partial charge in [0, 0.05) is 0 Å². The van der Waals surface area contributed by atoms with Crippen LogP contribution >= 0.6 is 11.6 Å². The van der Waals surface area contributed by atoms with Crippen LogP contribution in [0.5, 0.6) is 0 Å². The molecular weight excluding hydrogens is 236 g/mol. The first-order valence-electron chi connectivity index (χ1n) is 5.36. The molecule has 0 spiro atoms. The maximum absolute atomic E-state index is 5.75. The zero-order chi connectivity index (χ0) is 12.0. The summed E-state index contributed by atoms with van der Waals surface area (Å²) in [6, 6.07) is 7.67. The molecule has 0 saturated carbocycles. The van der Waals surface area contributed by atoms with Crippen LogP contribution < -0.4 is 0 Å². The van der Waals surface area contributed by atoms with Gasteiger partial charge in [0.25, 0.3) is 0 Å². The summed E-state index contributed by atoms with van der Waals surface area (Å²) in [4.78, 5) is 7.72. The molecule has 0 saturated heterocycles. The van der Waals surface area contributed by atoms with Crippen LogP contribution in [0.15, 0.2) is 28.7 Å². The molecule has 0 radical (unpaired) electrons. The van der Waals surface area contributed by atoms with Crippen molar-refractivity contribution in [1.82, 2.24) is 9.97 Å². The minimum atomic E-state index is 0.368. The molecular formula is C13H11ClN2O. The predicted octanol–water partition coefficient (Wildman–Crippen LogP) is 4.09. The third-order valence-electron chi connectivity index (χ3n) is 2.90. The predicted molar refractivity (Wildman–Crippen MR) is 68.3 cm³/mol. The fraction of sp³-hybridized carbons (Fsp3) is 0.154. The minimum Gasteiger partial charge on any atom is -0.441 e. The standard InChI is InChI=1S/C13H11ClN2O/c1-7-5-9-10(6-8(7)2)16-13(15-9)11-3-4-12(14)17-11/h3-6H,1-2H3,(H,15,16). The van der Waals surface area contributed by atoms with Crippen LogP contribution in [0.1, 0.15) is 11.1 Å². The first-order valence-corrected chi connectivity index (χ1v) is 5.74. The summed E-state index contributed by atoms with van der Waals surface area (Å²) in [6.07, 6.45) is 0. The number of halogens is 1. The van der Waals surface area contributed by atoms with Crippen molar-refractivity contribution in [2.24, 2.45) is 0 Å². The fourth-order valence-corrected chi connectivity index (χ4v) is 1.97. The smallest absolute Gasteiger partial charge is 0.194 e. The summed E-state index contributed by atoms with van der Waals surface area (Å²) in [7, 11) is 0. The van der Waals surface area contributed by atoms with Gasteiger partial charge in [-0.2, -0.15) is 0 Å². The van der Waals surface area contributed by atoms with E-state index in [0.29, 0.717) is 16.8 Å². The van der Waals surface area contributed by atoms with Crippen molar-refractivity contribution in [3.05, 3.63) is 40.6 Å². The SMILES string of the molecule is Cc1cc2nc(-c3ccc(Cl)o3)[nH]c2cc1C. The number of hydrogen-bond acceptors (Lipinski definition) is 2. The van der Waals surface area contributed by atoms with Gasteiger partial charge in [-0.15, -0.1) is 0 Å². The van der Waals surface area contributed by atoms with Gasteiger partial charge in [-0.05, 0) is 60.8 Å². The van der Waals surface area contributed by atoms with Crippen molar-refractivity contribution in [2.75, 3.05) is 0 Å². The van der Waals surface area contributed by atoms with Gasteiger partial charge in [-0.3, -0.25) is 0 Å². The van der Waals surface area contributed by atoms with Gasteiger partial charge in [-0.1, -0.05) is 0 Å². The molecule has 0 fully saturated rings. The molecule has 0 atom stereocenters. The van der Waals surface area contributed by atoms with E-state index < -0.39 is 0 Å². The Morgan fingerprint density at radius 1 is 1.18 bits per heavy atom. The molecule has 0 unspecified atom stereocenters. The third-order valence-corrected chi connectivity index (χ3v) is 3.11. The van der Waals surface area contributed by atoms with E-state index in [1.165, 1.54) is 11.1 Å². The fourth-order valence-electron chi connectivity index (χ4n) is 1.83. The van der Waals surface area contributed by atoms with Crippen LogP contribution in [0.3, 0.4) is 0 Å². The topological polar surface area (TPSA) is 41.8 Å². The average Bonchev–Trinajstić information content (AvgIpc) is 2.85. The molecule has 0 aliphatic rings. The lowest BCUT2D eigenvalue weighted by Crippen LogP contribution is -1.79. The second kappa shape index (κ2) is 3.64. The van der Waals surface area contributed by atoms with Crippen molar-refractivity contribution in [3.8, 4) is 11.6 Å². The van der Waals surface area contributed by atoms with Gasteiger partial charge in [0.1, 0.15) is 0 Å². The van der Waals surface area contributed by atoms with E-state index in [1.54, 1.807) is 12.1 Å². The number of nitrogens with zero attached hydrogens (tertiary/aromatic N) is 1. The Morgan fingerprint density at radius 2 is 1.94 bits per heavy atom. The lowest BCUT2D eigenvalue weighted by Gasteiger charge is -1.97. The number of rotatable bonds is 1. The molecule has 4 heteroatoms. The highest BCUT2D eigenvalue weighted by atomic mass is 35.5. The zero-order valence-electron chi connectivity index (χ0n) is 9.54. The summed E-state index contributed by atoms with van der Waals surface area (Å²) in [5, 5.41) is 0.368. The molecule has 3 aromatic rings. The molecule has 0 aliphatic carbocycles. The molecule has 0 bridgehead atoms. The molecule has 0 aliphatic heterocycles. The van der Waals surface area contributed by atoms with Gasteiger partial charge >= 0.3 is 0 Å². The summed E-state index contributed by atoms with van der Waals surface area (Å²) >= 11 is 5.75. The molecule has 1 N–H and O–H groups in total. The summed E-state index contributed by atoms with van der Waals surface area (Å²) in [6.45, 7) is 4.16. The van der Waals surface area contributed by atoms with Crippen LogP contribution in [0.2, 0.25) is 5.22 Å². The van der Waals surface area contributed by atoms with Gasteiger partial charge in [-0.25, -0.2) is 4.98 Å². The Bertz CT molecular complexity index is 658. The maximum atomic E-state index is 5.75. The highest BCUT2D eigenvalue weighted by Crippen LogP contribution is 2.25. The summed E-state index contributed by atoms with van der Waals surface area (Å²) < 4.78 is 5.33. The highest BCUT2D eigenvalue weighted by molar-refractivity contribution is 6.28. The quantitative estimate of drug-likeness (QED) is 0.703. The highest BCUT2D eigenvalue weighted by Gasteiger charge is 2.09. The van der Waals surface area contributed by atoms with Crippen molar-refractivity contribution in [2.45, 2.75) is 13.8 Å². The lowest BCUT2D eigenvalue weighted by molar-refractivity contribution is 0.580. The number of aryl methyl sites for hydroxylation is 2. The number of aromatic amines is 1. The Labute approximate surface area is 103 Å². The minimum absolute atomic E-state index is 0.368. The van der Waals surface area contributed by atoms with Crippen LogP contribution in [0.4, 0.5) is 0 Å². The van der Waals surface area contributed by atoms with Crippen molar-refractivity contribution in [3.63, 3.8) is 0 Å². The maximum Gasteiger partial charge on any atom is 0.194 e. The van der Waals surface area contributed by atoms with E-state index in [1.807, 2.05) is 0 Å². The number of imidazole rings is 1. The van der Waals surface area contributed by atoms with Crippen molar-refractivity contribution in [1.29, 1.82) is 0 Å². The van der Waals surface area contributed by atoms with E-state index in [0.717, 1.165) is 11.0 Å². The number of aromatic nitrogens is 2. The molecule has 2 heterocycles. The normalized spacial score (nSPS) is 11.2. The molecule has 2 aromatic heterocycles. The first kappa shape index (κ1) is 10.4. The number of benzene rings is 1. The van der Waals surface area contributed by atoms with Gasteiger partial charge in [0.2, 0.25) is 0 Å². The Kier molecular flexibility index (Phi) is 2.23.